The second kappa shape index (κ2) is 7.00. The summed E-state index contributed by atoms with van der Waals surface area (Å²) in [5.74, 6) is 0.237. The van der Waals surface area contributed by atoms with Gasteiger partial charge in [-0.25, -0.2) is 0 Å². The lowest BCUT2D eigenvalue weighted by atomic mass is 10.1. The molecule has 1 saturated heterocycles. The third-order valence-electron chi connectivity index (χ3n) is 5.03. The highest BCUT2D eigenvalue weighted by atomic mass is 32.1. The van der Waals surface area contributed by atoms with E-state index >= 15 is 0 Å². The van der Waals surface area contributed by atoms with E-state index in [1.165, 1.54) is 11.3 Å². The number of thiophene rings is 1. The van der Waals surface area contributed by atoms with Crippen LogP contribution in [0.3, 0.4) is 0 Å². The van der Waals surface area contributed by atoms with Crippen LogP contribution in [0, 0.1) is 0 Å². The van der Waals surface area contributed by atoms with Crippen molar-refractivity contribution < 1.29 is 9.59 Å². The molecule has 25 heavy (non-hydrogen) atoms. The number of likely N-dealkylation sites (tertiary alicyclic amines) is 1. The fourth-order valence-electron chi connectivity index (χ4n) is 3.63. The van der Waals surface area contributed by atoms with Crippen LogP contribution < -0.4 is 0 Å². The van der Waals surface area contributed by atoms with E-state index in [0.717, 1.165) is 54.9 Å². The highest BCUT2D eigenvalue weighted by Gasteiger charge is 2.26. The van der Waals surface area contributed by atoms with Crippen molar-refractivity contribution >= 4 is 23.2 Å². The first-order chi connectivity index (χ1) is 12.2. The molecule has 1 aromatic carbocycles. The third kappa shape index (κ3) is 3.33. The normalized spacial score (nSPS) is 17.3. The Morgan fingerprint density at radius 3 is 2.40 bits per heavy atom. The minimum absolute atomic E-state index is 0.0707. The lowest BCUT2D eigenvalue weighted by Crippen LogP contribution is -2.35. The van der Waals surface area contributed by atoms with Crippen LogP contribution in [0.25, 0.3) is 0 Å². The van der Waals surface area contributed by atoms with Gasteiger partial charge in [0.2, 0.25) is 0 Å². The predicted octanol–water partition coefficient (Wildman–Crippen LogP) is 3.57. The SMILES string of the molecule is O=C(c1ccccc1)N1CCc2sc(C(=O)N3CCCCC3)cc2C1. The van der Waals surface area contributed by atoms with Crippen molar-refractivity contribution in [2.45, 2.75) is 32.2 Å². The van der Waals surface area contributed by atoms with Gasteiger partial charge >= 0.3 is 0 Å². The van der Waals surface area contributed by atoms with Gasteiger partial charge in [-0.15, -0.1) is 11.3 Å². The first-order valence-corrected chi connectivity index (χ1v) is 9.79. The zero-order valence-corrected chi connectivity index (χ0v) is 15.1. The maximum atomic E-state index is 12.7. The van der Waals surface area contributed by atoms with Crippen LogP contribution in [0.1, 0.15) is 49.7 Å². The molecule has 0 atom stereocenters. The number of carbonyl (C=O) groups is 2. The van der Waals surface area contributed by atoms with Crippen LogP contribution in [-0.2, 0) is 13.0 Å². The molecule has 1 fully saturated rings. The number of hydrogen-bond donors (Lipinski definition) is 0. The topological polar surface area (TPSA) is 40.6 Å². The summed E-state index contributed by atoms with van der Waals surface area (Å²) in [5.41, 5.74) is 1.87. The molecule has 4 rings (SSSR count). The van der Waals surface area contributed by atoms with Gasteiger partial charge in [-0.2, -0.15) is 0 Å². The Labute approximate surface area is 152 Å². The molecular weight excluding hydrogens is 332 g/mol. The van der Waals surface area contributed by atoms with Crippen molar-refractivity contribution in [3.63, 3.8) is 0 Å². The molecule has 0 radical (unpaired) electrons. The first kappa shape index (κ1) is 16.3. The molecule has 0 bridgehead atoms. The van der Waals surface area contributed by atoms with Crippen LogP contribution in [0.15, 0.2) is 36.4 Å². The van der Waals surface area contributed by atoms with Gasteiger partial charge in [-0.1, -0.05) is 18.2 Å². The Morgan fingerprint density at radius 1 is 0.880 bits per heavy atom. The zero-order valence-electron chi connectivity index (χ0n) is 14.2. The van der Waals surface area contributed by atoms with E-state index in [9.17, 15) is 9.59 Å². The van der Waals surface area contributed by atoms with Gasteiger partial charge in [0.1, 0.15) is 0 Å². The lowest BCUT2D eigenvalue weighted by molar-refractivity contribution is 0.0727. The second-order valence-electron chi connectivity index (χ2n) is 6.75. The minimum atomic E-state index is 0.0707. The summed E-state index contributed by atoms with van der Waals surface area (Å²) in [6, 6.07) is 11.4. The number of fused-ring (bicyclic) bond motifs is 1. The van der Waals surface area contributed by atoms with Gasteiger partial charge in [0, 0.05) is 36.6 Å². The summed E-state index contributed by atoms with van der Waals surface area (Å²) in [5, 5.41) is 0. The van der Waals surface area contributed by atoms with Gasteiger partial charge < -0.3 is 9.80 Å². The molecule has 0 N–H and O–H groups in total. The molecule has 3 heterocycles. The Kier molecular flexibility index (Phi) is 4.57. The summed E-state index contributed by atoms with van der Waals surface area (Å²) in [6.45, 7) is 3.07. The summed E-state index contributed by atoms with van der Waals surface area (Å²) >= 11 is 1.62. The van der Waals surface area contributed by atoms with Gasteiger partial charge in [0.25, 0.3) is 11.8 Å². The van der Waals surface area contributed by atoms with E-state index in [0.29, 0.717) is 6.54 Å². The van der Waals surface area contributed by atoms with Gasteiger partial charge in [0.15, 0.2) is 0 Å². The smallest absolute Gasteiger partial charge is 0.263 e. The van der Waals surface area contributed by atoms with Crippen LogP contribution >= 0.6 is 11.3 Å². The summed E-state index contributed by atoms with van der Waals surface area (Å²) < 4.78 is 0. The molecule has 2 aliphatic heterocycles. The zero-order chi connectivity index (χ0) is 17.2. The summed E-state index contributed by atoms with van der Waals surface area (Å²) in [6.07, 6.45) is 4.28. The number of nitrogens with zero attached hydrogens (tertiary/aromatic N) is 2. The van der Waals surface area contributed by atoms with Crippen LogP contribution in [0.5, 0.6) is 0 Å². The van der Waals surface area contributed by atoms with E-state index in [-0.39, 0.29) is 11.8 Å². The molecular formula is C20H22N2O2S. The summed E-state index contributed by atoms with van der Waals surface area (Å²) in [4.78, 5) is 31.3. The number of hydrogen-bond acceptors (Lipinski definition) is 3. The molecule has 0 saturated carbocycles. The van der Waals surface area contributed by atoms with E-state index in [1.807, 2.05) is 46.2 Å². The Balaban J connectivity index is 1.49. The molecule has 1 aromatic heterocycles. The number of benzene rings is 1. The molecule has 0 aliphatic carbocycles. The largest absolute Gasteiger partial charge is 0.338 e. The maximum Gasteiger partial charge on any atom is 0.263 e. The fourth-order valence-corrected chi connectivity index (χ4v) is 4.76. The number of carbonyl (C=O) groups excluding carboxylic acids is 2. The quantitative estimate of drug-likeness (QED) is 0.827. The monoisotopic (exact) mass is 354 g/mol. The number of rotatable bonds is 2. The van der Waals surface area contributed by atoms with E-state index in [4.69, 9.17) is 0 Å². The van der Waals surface area contributed by atoms with Crippen molar-refractivity contribution in [2.24, 2.45) is 0 Å². The molecule has 0 spiro atoms. The molecule has 130 valence electrons. The van der Waals surface area contributed by atoms with Crippen molar-refractivity contribution in [1.29, 1.82) is 0 Å². The van der Waals surface area contributed by atoms with Crippen molar-refractivity contribution in [3.05, 3.63) is 57.3 Å². The Hall–Kier alpha value is -2.14. The average Bonchev–Trinajstić information content (AvgIpc) is 3.11. The van der Waals surface area contributed by atoms with Crippen molar-refractivity contribution in [3.8, 4) is 0 Å². The highest BCUT2D eigenvalue weighted by molar-refractivity contribution is 7.14. The first-order valence-electron chi connectivity index (χ1n) is 8.97. The molecule has 0 unspecified atom stereocenters. The maximum absolute atomic E-state index is 12.7. The van der Waals surface area contributed by atoms with Crippen LogP contribution in [0.4, 0.5) is 0 Å². The highest BCUT2D eigenvalue weighted by Crippen LogP contribution is 2.30. The summed E-state index contributed by atoms with van der Waals surface area (Å²) in [7, 11) is 0. The minimum Gasteiger partial charge on any atom is -0.338 e. The van der Waals surface area contributed by atoms with Crippen molar-refractivity contribution in [1.82, 2.24) is 9.80 Å². The van der Waals surface area contributed by atoms with Crippen molar-refractivity contribution in [2.75, 3.05) is 19.6 Å². The standard InChI is InChI=1S/C20H22N2O2S/c23-19(15-7-3-1-4-8-15)22-12-9-17-16(14-22)13-18(25-17)20(24)21-10-5-2-6-11-21/h1,3-4,7-8,13H,2,5-6,9-12,14H2. The molecule has 2 aliphatic rings. The van der Waals surface area contributed by atoms with Crippen LogP contribution in [0.2, 0.25) is 0 Å². The van der Waals surface area contributed by atoms with Gasteiger partial charge in [0.05, 0.1) is 4.88 Å². The lowest BCUT2D eigenvalue weighted by Gasteiger charge is -2.27. The number of piperidine rings is 1. The fraction of sp³-hybridized carbons (Fsp3) is 0.400. The average molecular weight is 354 g/mol. The Bertz CT molecular complexity index is 778. The third-order valence-corrected chi connectivity index (χ3v) is 6.25. The Morgan fingerprint density at radius 2 is 1.64 bits per heavy atom. The molecule has 5 heteroatoms. The van der Waals surface area contributed by atoms with E-state index in [1.54, 1.807) is 11.3 Å². The predicted molar refractivity (Wildman–Crippen MR) is 99.0 cm³/mol. The second-order valence-corrected chi connectivity index (χ2v) is 7.89. The van der Waals surface area contributed by atoms with Crippen LogP contribution in [-0.4, -0.2) is 41.2 Å². The van der Waals surface area contributed by atoms with Gasteiger partial charge in [-0.3, -0.25) is 9.59 Å². The number of amides is 2. The van der Waals surface area contributed by atoms with Gasteiger partial charge in [-0.05, 0) is 49.4 Å². The van der Waals surface area contributed by atoms with E-state index < -0.39 is 0 Å². The molecule has 4 nitrogen and oxygen atoms in total. The molecule has 2 amide bonds. The van der Waals surface area contributed by atoms with E-state index in [2.05, 4.69) is 0 Å². The molecule has 2 aromatic rings.